The fraction of sp³-hybridized carbons (Fsp3) is 0.333. The predicted molar refractivity (Wildman–Crippen MR) is 80.2 cm³/mol. The lowest BCUT2D eigenvalue weighted by Gasteiger charge is -2.16. The van der Waals surface area contributed by atoms with Crippen molar-refractivity contribution in [3.63, 3.8) is 0 Å². The van der Waals surface area contributed by atoms with Crippen LogP contribution in [0.2, 0.25) is 0 Å². The minimum absolute atomic E-state index is 0.123. The van der Waals surface area contributed by atoms with Gasteiger partial charge in [0.15, 0.2) is 0 Å². The zero-order valence-corrected chi connectivity index (χ0v) is 12.1. The number of nitrogens with two attached hydrogens (primary N) is 1. The summed E-state index contributed by atoms with van der Waals surface area (Å²) in [6.45, 7) is 2.11. The molecular formula is C15H20N4O2. The third-order valence-electron chi connectivity index (χ3n) is 3.02. The van der Waals surface area contributed by atoms with E-state index in [9.17, 15) is 4.79 Å². The summed E-state index contributed by atoms with van der Waals surface area (Å²) in [6, 6.07) is 9.52. The Kier molecular flexibility index (Phi) is 5.34. The Morgan fingerprint density at radius 2 is 2.14 bits per heavy atom. The summed E-state index contributed by atoms with van der Waals surface area (Å²) in [4.78, 5) is 17.9. The van der Waals surface area contributed by atoms with Crippen LogP contribution in [0.5, 0.6) is 5.75 Å². The molecule has 0 spiro atoms. The Balaban J connectivity index is 1.81. The van der Waals surface area contributed by atoms with E-state index >= 15 is 0 Å². The van der Waals surface area contributed by atoms with Gasteiger partial charge in [-0.05, 0) is 12.1 Å². The lowest BCUT2D eigenvalue weighted by atomic mass is 10.3. The van der Waals surface area contributed by atoms with Crippen molar-refractivity contribution in [3.8, 4) is 5.75 Å². The van der Waals surface area contributed by atoms with E-state index in [0.29, 0.717) is 31.9 Å². The maximum absolute atomic E-state index is 12.2. The molecule has 0 fully saturated rings. The van der Waals surface area contributed by atoms with Crippen molar-refractivity contribution in [1.82, 2.24) is 14.5 Å². The molecule has 0 aliphatic carbocycles. The van der Waals surface area contributed by atoms with Crippen molar-refractivity contribution < 1.29 is 9.53 Å². The van der Waals surface area contributed by atoms with Crippen LogP contribution in [-0.2, 0) is 6.54 Å². The number of benzene rings is 1. The van der Waals surface area contributed by atoms with E-state index in [1.165, 1.54) is 0 Å². The van der Waals surface area contributed by atoms with Crippen LogP contribution in [0, 0.1) is 0 Å². The van der Waals surface area contributed by atoms with Crippen molar-refractivity contribution in [2.24, 2.45) is 5.73 Å². The third kappa shape index (κ3) is 4.32. The molecule has 0 atom stereocenters. The van der Waals surface area contributed by atoms with E-state index in [2.05, 4.69) is 4.98 Å². The number of likely N-dealkylation sites (N-methyl/N-ethyl adjacent to an activating group) is 1. The molecule has 1 heterocycles. The topological polar surface area (TPSA) is 73.4 Å². The molecule has 0 aliphatic rings. The van der Waals surface area contributed by atoms with Gasteiger partial charge in [-0.15, -0.1) is 0 Å². The number of amides is 1. The Hall–Kier alpha value is -2.34. The second-order valence-electron chi connectivity index (χ2n) is 4.67. The molecule has 0 saturated heterocycles. The van der Waals surface area contributed by atoms with Crippen molar-refractivity contribution >= 4 is 5.91 Å². The summed E-state index contributed by atoms with van der Waals surface area (Å²) in [6.07, 6.45) is 3.33. The summed E-state index contributed by atoms with van der Waals surface area (Å²) in [5, 5.41) is 0. The van der Waals surface area contributed by atoms with Crippen molar-refractivity contribution in [3.05, 3.63) is 48.5 Å². The van der Waals surface area contributed by atoms with Crippen LogP contribution >= 0.6 is 0 Å². The van der Waals surface area contributed by atoms with E-state index in [1.54, 1.807) is 24.5 Å². The number of hydrogen-bond donors (Lipinski definition) is 1. The SMILES string of the molecule is CN(CCOc1ccccc1)C(=O)c1cn(CCN)cn1. The average molecular weight is 288 g/mol. The molecule has 112 valence electrons. The lowest BCUT2D eigenvalue weighted by Crippen LogP contribution is -2.31. The first kappa shape index (κ1) is 15.1. The monoisotopic (exact) mass is 288 g/mol. The number of para-hydroxylation sites is 1. The van der Waals surface area contributed by atoms with Crippen molar-refractivity contribution in [2.45, 2.75) is 6.54 Å². The van der Waals surface area contributed by atoms with E-state index in [0.717, 1.165) is 5.75 Å². The number of carbonyl (C=O) groups excluding carboxylic acids is 1. The highest BCUT2D eigenvalue weighted by Crippen LogP contribution is 2.08. The van der Waals surface area contributed by atoms with Crippen LogP contribution in [0.3, 0.4) is 0 Å². The lowest BCUT2D eigenvalue weighted by molar-refractivity contribution is 0.0768. The number of ether oxygens (including phenoxy) is 1. The molecule has 2 N–H and O–H groups in total. The van der Waals surface area contributed by atoms with Gasteiger partial charge in [0.2, 0.25) is 0 Å². The maximum atomic E-state index is 12.2. The molecule has 2 aromatic rings. The first-order valence-electron chi connectivity index (χ1n) is 6.86. The Morgan fingerprint density at radius 1 is 1.38 bits per heavy atom. The normalized spacial score (nSPS) is 10.4. The second-order valence-corrected chi connectivity index (χ2v) is 4.67. The van der Waals surface area contributed by atoms with Gasteiger partial charge in [-0.3, -0.25) is 4.79 Å². The number of imidazole rings is 1. The number of nitrogens with zero attached hydrogens (tertiary/aromatic N) is 3. The van der Waals surface area contributed by atoms with Crippen LogP contribution < -0.4 is 10.5 Å². The highest BCUT2D eigenvalue weighted by Gasteiger charge is 2.14. The third-order valence-corrected chi connectivity index (χ3v) is 3.02. The number of hydrogen-bond acceptors (Lipinski definition) is 4. The molecule has 0 bridgehead atoms. The molecule has 6 heteroatoms. The minimum atomic E-state index is -0.123. The molecule has 6 nitrogen and oxygen atoms in total. The summed E-state index contributed by atoms with van der Waals surface area (Å²) >= 11 is 0. The van der Waals surface area contributed by atoms with E-state index in [4.69, 9.17) is 10.5 Å². The first-order chi connectivity index (χ1) is 10.2. The summed E-state index contributed by atoms with van der Waals surface area (Å²) < 4.78 is 7.38. The minimum Gasteiger partial charge on any atom is -0.492 e. The van der Waals surface area contributed by atoms with E-state index in [1.807, 2.05) is 34.9 Å². The molecule has 2 rings (SSSR count). The van der Waals surface area contributed by atoms with Crippen molar-refractivity contribution in [1.29, 1.82) is 0 Å². The summed E-state index contributed by atoms with van der Waals surface area (Å²) in [5.41, 5.74) is 5.89. The first-order valence-corrected chi connectivity index (χ1v) is 6.86. The molecule has 0 unspecified atom stereocenters. The van der Waals surface area contributed by atoms with Gasteiger partial charge in [0.25, 0.3) is 5.91 Å². The standard InChI is InChI=1S/C15H20N4O2/c1-18(9-10-21-13-5-3-2-4-6-13)15(20)14-11-19(8-7-16)12-17-14/h2-6,11-12H,7-10,16H2,1H3. The average Bonchev–Trinajstić information content (AvgIpc) is 2.96. The van der Waals surface area contributed by atoms with Gasteiger partial charge in [-0.2, -0.15) is 0 Å². The molecular weight excluding hydrogens is 268 g/mol. The molecule has 1 aromatic carbocycles. The van der Waals surface area contributed by atoms with Crippen LogP contribution in [-0.4, -0.2) is 47.1 Å². The van der Waals surface area contributed by atoms with E-state index < -0.39 is 0 Å². The van der Waals surface area contributed by atoms with Gasteiger partial charge in [-0.25, -0.2) is 4.98 Å². The number of rotatable bonds is 7. The molecule has 1 amide bonds. The molecule has 21 heavy (non-hydrogen) atoms. The Bertz CT molecular complexity index is 568. The molecule has 0 radical (unpaired) electrons. The Labute approximate surface area is 124 Å². The quantitative estimate of drug-likeness (QED) is 0.824. The molecule has 0 aliphatic heterocycles. The number of carbonyl (C=O) groups is 1. The smallest absolute Gasteiger partial charge is 0.273 e. The van der Waals surface area contributed by atoms with Crippen LogP contribution in [0.4, 0.5) is 0 Å². The second kappa shape index (κ2) is 7.44. The number of aromatic nitrogens is 2. The van der Waals surface area contributed by atoms with Gasteiger partial charge in [0, 0.05) is 26.3 Å². The molecule has 1 aromatic heterocycles. The largest absolute Gasteiger partial charge is 0.492 e. The van der Waals surface area contributed by atoms with Gasteiger partial charge in [0.05, 0.1) is 12.9 Å². The van der Waals surface area contributed by atoms with Crippen LogP contribution in [0.15, 0.2) is 42.9 Å². The van der Waals surface area contributed by atoms with E-state index in [-0.39, 0.29) is 5.91 Å². The zero-order chi connectivity index (χ0) is 15.1. The fourth-order valence-corrected chi connectivity index (χ4v) is 1.86. The van der Waals surface area contributed by atoms with Crippen LogP contribution in [0.1, 0.15) is 10.5 Å². The summed E-state index contributed by atoms with van der Waals surface area (Å²) in [7, 11) is 1.73. The van der Waals surface area contributed by atoms with Crippen LogP contribution in [0.25, 0.3) is 0 Å². The highest BCUT2D eigenvalue weighted by atomic mass is 16.5. The highest BCUT2D eigenvalue weighted by molar-refractivity contribution is 5.91. The van der Waals surface area contributed by atoms with Gasteiger partial charge >= 0.3 is 0 Å². The molecule has 0 saturated carbocycles. The summed E-state index contributed by atoms with van der Waals surface area (Å²) in [5.74, 6) is 0.674. The van der Waals surface area contributed by atoms with Crippen molar-refractivity contribution in [2.75, 3.05) is 26.7 Å². The fourth-order valence-electron chi connectivity index (χ4n) is 1.86. The zero-order valence-electron chi connectivity index (χ0n) is 12.1. The van der Waals surface area contributed by atoms with Gasteiger partial charge < -0.3 is 19.9 Å². The Morgan fingerprint density at radius 3 is 2.86 bits per heavy atom. The van der Waals surface area contributed by atoms with Gasteiger partial charge in [-0.1, -0.05) is 18.2 Å². The van der Waals surface area contributed by atoms with Gasteiger partial charge in [0.1, 0.15) is 18.1 Å². The maximum Gasteiger partial charge on any atom is 0.273 e. The predicted octanol–water partition coefficient (Wildman–Crippen LogP) is 0.993.